The van der Waals surface area contributed by atoms with Crippen LogP contribution in [0.5, 0.6) is 0 Å². The molecule has 0 radical (unpaired) electrons. The van der Waals surface area contributed by atoms with Gasteiger partial charge in [0.05, 0.1) is 4.88 Å². The van der Waals surface area contributed by atoms with Crippen molar-refractivity contribution in [2.75, 3.05) is 5.32 Å². The van der Waals surface area contributed by atoms with Gasteiger partial charge in [-0.05, 0) is 36.1 Å². The Balaban J connectivity index is 1.85. The Bertz CT molecular complexity index is 860. The molecule has 0 fully saturated rings. The van der Waals surface area contributed by atoms with E-state index in [0.717, 1.165) is 11.3 Å². The molecule has 5 heteroatoms. The Morgan fingerprint density at radius 2 is 1.76 bits per heavy atom. The summed E-state index contributed by atoms with van der Waals surface area (Å²) in [7, 11) is 0. The number of aryl methyl sites for hydroxylation is 1. The molecule has 2 N–H and O–H groups in total. The lowest BCUT2D eigenvalue weighted by molar-refractivity contribution is 0.0872. The minimum atomic E-state index is -0.848. The van der Waals surface area contributed by atoms with E-state index in [1.54, 1.807) is 30.3 Å². The molecule has 0 saturated carbocycles. The highest BCUT2D eigenvalue weighted by atomic mass is 32.1. The molecule has 0 aliphatic carbocycles. The molecule has 1 unspecified atom stereocenters. The van der Waals surface area contributed by atoms with Crippen LogP contribution in [0.25, 0.3) is 0 Å². The Labute approximate surface area is 150 Å². The van der Waals surface area contributed by atoms with Crippen LogP contribution < -0.4 is 10.6 Å². The topological polar surface area (TPSA) is 58.2 Å². The zero-order valence-corrected chi connectivity index (χ0v) is 14.5. The van der Waals surface area contributed by atoms with Gasteiger partial charge in [-0.15, -0.1) is 11.3 Å². The smallest absolute Gasteiger partial charge is 0.263 e. The summed E-state index contributed by atoms with van der Waals surface area (Å²) in [6.07, 6.45) is -0.848. The monoisotopic (exact) mass is 350 g/mol. The fraction of sp³-hybridized carbons (Fsp3) is 0.100. The zero-order valence-electron chi connectivity index (χ0n) is 13.7. The molecule has 0 saturated heterocycles. The maximum atomic E-state index is 12.9. The van der Waals surface area contributed by atoms with Gasteiger partial charge in [-0.2, -0.15) is 0 Å². The lowest BCUT2D eigenvalue weighted by Gasteiger charge is -2.20. The zero-order chi connectivity index (χ0) is 17.6. The van der Waals surface area contributed by atoms with E-state index in [-0.39, 0.29) is 11.7 Å². The third kappa shape index (κ3) is 4.33. The number of Topliss-reactive ketones (excluding diaryl/α,β-unsaturated/α-hetero) is 1. The maximum Gasteiger partial charge on any atom is 0.263 e. The Morgan fingerprint density at radius 1 is 0.960 bits per heavy atom. The van der Waals surface area contributed by atoms with Gasteiger partial charge in [0.1, 0.15) is 0 Å². The number of amides is 1. The predicted octanol–water partition coefficient (Wildman–Crippen LogP) is 4.11. The number of carbonyl (C=O) groups is 2. The second-order valence-corrected chi connectivity index (χ2v) is 6.58. The van der Waals surface area contributed by atoms with E-state index in [0.29, 0.717) is 10.4 Å². The average molecular weight is 350 g/mol. The fourth-order valence-electron chi connectivity index (χ4n) is 2.45. The number of hydrogen-bond acceptors (Lipinski definition) is 4. The number of carbonyl (C=O) groups excluding carboxylic acids is 2. The molecular weight excluding hydrogens is 332 g/mol. The van der Waals surface area contributed by atoms with Crippen molar-refractivity contribution in [3.8, 4) is 0 Å². The van der Waals surface area contributed by atoms with Crippen LogP contribution in [0.15, 0.2) is 72.1 Å². The van der Waals surface area contributed by atoms with Gasteiger partial charge in [-0.25, -0.2) is 0 Å². The number of ketones is 1. The molecule has 1 aromatic heterocycles. The van der Waals surface area contributed by atoms with Crippen LogP contribution in [0.1, 0.15) is 25.6 Å². The van der Waals surface area contributed by atoms with E-state index in [2.05, 4.69) is 10.6 Å². The quantitative estimate of drug-likeness (QED) is 0.520. The molecule has 0 spiro atoms. The van der Waals surface area contributed by atoms with Crippen LogP contribution in [0, 0.1) is 6.92 Å². The fourth-order valence-corrected chi connectivity index (χ4v) is 3.07. The standard InChI is InChI=1S/C20H18N2O2S/c1-14-7-5-10-16(13-14)21-19(18(23)15-8-3-2-4-9-15)22-20(24)17-11-6-12-25-17/h2-13,19,21H,1H3,(H,22,24). The summed E-state index contributed by atoms with van der Waals surface area (Å²) in [5, 5.41) is 7.76. The summed E-state index contributed by atoms with van der Waals surface area (Å²) < 4.78 is 0. The summed E-state index contributed by atoms with van der Waals surface area (Å²) in [6, 6.07) is 20.2. The molecule has 1 heterocycles. The van der Waals surface area contributed by atoms with Gasteiger partial charge in [0.25, 0.3) is 5.91 Å². The molecule has 0 aliphatic rings. The molecule has 2 aromatic carbocycles. The highest BCUT2D eigenvalue weighted by Crippen LogP contribution is 2.14. The van der Waals surface area contributed by atoms with Crippen molar-refractivity contribution in [2.45, 2.75) is 13.1 Å². The Kier molecular flexibility index (Phi) is 5.26. The summed E-state index contributed by atoms with van der Waals surface area (Å²) in [5.74, 6) is -0.462. The molecule has 0 bridgehead atoms. The molecule has 3 aromatic rings. The molecule has 1 amide bonds. The summed E-state index contributed by atoms with van der Waals surface area (Å²) in [4.78, 5) is 25.8. The number of thiophene rings is 1. The van der Waals surface area contributed by atoms with Gasteiger partial charge in [0, 0.05) is 11.3 Å². The van der Waals surface area contributed by atoms with E-state index in [1.165, 1.54) is 11.3 Å². The van der Waals surface area contributed by atoms with Crippen molar-refractivity contribution in [3.63, 3.8) is 0 Å². The van der Waals surface area contributed by atoms with E-state index in [9.17, 15) is 9.59 Å². The van der Waals surface area contributed by atoms with Crippen molar-refractivity contribution in [1.29, 1.82) is 0 Å². The molecule has 0 aliphatic heterocycles. The van der Waals surface area contributed by atoms with Gasteiger partial charge < -0.3 is 10.6 Å². The average Bonchev–Trinajstić information content (AvgIpc) is 3.16. The third-order valence-corrected chi connectivity index (χ3v) is 4.54. The lowest BCUT2D eigenvalue weighted by atomic mass is 10.1. The molecule has 3 rings (SSSR count). The molecular formula is C20H18N2O2S. The van der Waals surface area contributed by atoms with Crippen molar-refractivity contribution < 1.29 is 9.59 Å². The van der Waals surface area contributed by atoms with Gasteiger partial charge >= 0.3 is 0 Å². The van der Waals surface area contributed by atoms with Crippen LogP contribution in [0.3, 0.4) is 0 Å². The van der Waals surface area contributed by atoms with Crippen molar-refractivity contribution in [3.05, 3.63) is 88.1 Å². The van der Waals surface area contributed by atoms with Crippen LogP contribution in [-0.2, 0) is 0 Å². The second-order valence-electron chi connectivity index (χ2n) is 5.63. The van der Waals surface area contributed by atoms with E-state index >= 15 is 0 Å². The summed E-state index contributed by atoms with van der Waals surface area (Å²) in [5.41, 5.74) is 2.39. The van der Waals surface area contributed by atoms with Crippen molar-refractivity contribution >= 4 is 28.7 Å². The highest BCUT2D eigenvalue weighted by Gasteiger charge is 2.23. The SMILES string of the molecule is Cc1cccc(NC(NC(=O)c2cccs2)C(=O)c2ccccc2)c1. The second kappa shape index (κ2) is 7.77. The first-order valence-corrected chi connectivity index (χ1v) is 8.78. The largest absolute Gasteiger partial charge is 0.359 e. The van der Waals surface area contributed by atoms with Gasteiger partial charge in [-0.3, -0.25) is 9.59 Å². The maximum absolute atomic E-state index is 12.9. The van der Waals surface area contributed by atoms with Crippen molar-refractivity contribution in [2.24, 2.45) is 0 Å². The number of benzene rings is 2. The number of hydrogen-bond donors (Lipinski definition) is 2. The van der Waals surface area contributed by atoms with Crippen LogP contribution in [-0.4, -0.2) is 17.9 Å². The van der Waals surface area contributed by atoms with E-state index in [4.69, 9.17) is 0 Å². The number of nitrogens with one attached hydrogen (secondary N) is 2. The van der Waals surface area contributed by atoms with Gasteiger partial charge in [0.2, 0.25) is 5.78 Å². The van der Waals surface area contributed by atoms with Crippen molar-refractivity contribution in [1.82, 2.24) is 5.32 Å². The predicted molar refractivity (Wildman–Crippen MR) is 101 cm³/mol. The van der Waals surface area contributed by atoms with E-state index in [1.807, 2.05) is 48.7 Å². The van der Waals surface area contributed by atoms with Crippen LogP contribution in [0.4, 0.5) is 5.69 Å². The van der Waals surface area contributed by atoms with Gasteiger partial charge in [-0.1, -0.05) is 48.5 Å². The third-order valence-electron chi connectivity index (χ3n) is 3.67. The minimum absolute atomic E-state index is 0.188. The van der Waals surface area contributed by atoms with Gasteiger partial charge in [0.15, 0.2) is 6.17 Å². The highest BCUT2D eigenvalue weighted by molar-refractivity contribution is 7.12. The van der Waals surface area contributed by atoms with Crippen LogP contribution >= 0.6 is 11.3 Å². The summed E-state index contributed by atoms with van der Waals surface area (Å²) >= 11 is 1.34. The van der Waals surface area contributed by atoms with Crippen LogP contribution in [0.2, 0.25) is 0 Å². The number of rotatable bonds is 6. The normalized spacial score (nSPS) is 11.6. The first-order chi connectivity index (χ1) is 12.1. The Morgan fingerprint density at radius 3 is 2.44 bits per heavy atom. The molecule has 1 atom stereocenters. The molecule has 4 nitrogen and oxygen atoms in total. The molecule has 126 valence electrons. The lowest BCUT2D eigenvalue weighted by Crippen LogP contribution is -2.46. The molecule has 25 heavy (non-hydrogen) atoms. The Hall–Kier alpha value is -2.92. The first kappa shape index (κ1) is 16.9. The summed E-state index contributed by atoms with van der Waals surface area (Å²) in [6.45, 7) is 1.98. The minimum Gasteiger partial charge on any atom is -0.359 e. The number of anilines is 1. The first-order valence-electron chi connectivity index (χ1n) is 7.90. The van der Waals surface area contributed by atoms with E-state index < -0.39 is 6.17 Å².